The third kappa shape index (κ3) is 9.59. The highest BCUT2D eigenvalue weighted by Crippen LogP contribution is 2.47. The van der Waals surface area contributed by atoms with Crippen LogP contribution in [0.1, 0.15) is 17.9 Å². The molecule has 6 heterocycles. The standard InChI is InChI=1S/C92H56N4O4/c1-3-19-55(20-4-1)57-39-43-59(44-40-57)63-23-7-9-25-66(63)77-53-79(94-91(93-77)62-48-50-83-75(52-62)68-27-11-13-35-81(68)97-83)70-31-15-30-69-76-51-61(47-49-84(76)99-89(69)70)65-29-17-38-86-87(65)73-33-16-32-71(90(73)100-86)80-54-78(95-92(96-80)74-34-18-37-85-88(74)72-28-12-14-36-82(72)98-85)67-26-10-8-24-64(67)60-45-41-58(42-46-60)56-21-5-2-6-22-56/h1-19,21-55H,20H2. The van der Waals surface area contributed by atoms with Crippen LogP contribution in [0.5, 0.6) is 0 Å². The van der Waals surface area contributed by atoms with Gasteiger partial charge in [0.25, 0.3) is 0 Å². The van der Waals surface area contributed by atoms with Crippen LogP contribution in [0.25, 0.3) is 200 Å². The van der Waals surface area contributed by atoms with Gasteiger partial charge >= 0.3 is 0 Å². The van der Waals surface area contributed by atoms with Gasteiger partial charge in [-0.3, -0.25) is 0 Å². The van der Waals surface area contributed by atoms with Crippen LogP contribution >= 0.6 is 0 Å². The molecule has 0 spiro atoms. The van der Waals surface area contributed by atoms with Crippen molar-refractivity contribution in [1.82, 2.24) is 19.9 Å². The summed E-state index contributed by atoms with van der Waals surface area (Å²) in [4.78, 5) is 21.9. The first-order chi connectivity index (χ1) is 49.5. The Bertz CT molecular complexity index is 6570. The largest absolute Gasteiger partial charge is 0.456 e. The molecule has 1 aliphatic carbocycles. The molecule has 20 rings (SSSR count). The van der Waals surface area contributed by atoms with E-state index >= 15 is 0 Å². The molecule has 6 aromatic heterocycles. The van der Waals surface area contributed by atoms with Gasteiger partial charge in [-0.05, 0) is 135 Å². The second kappa shape index (κ2) is 23.2. The summed E-state index contributed by atoms with van der Waals surface area (Å²) in [5.74, 6) is 1.52. The maximum absolute atomic E-state index is 7.12. The number of furan rings is 4. The van der Waals surface area contributed by atoms with E-state index in [4.69, 9.17) is 37.6 Å². The molecule has 0 amide bonds. The van der Waals surface area contributed by atoms with Crippen LogP contribution < -0.4 is 0 Å². The van der Waals surface area contributed by atoms with Gasteiger partial charge in [0.15, 0.2) is 11.6 Å². The van der Waals surface area contributed by atoms with Crippen LogP contribution in [-0.4, -0.2) is 19.9 Å². The lowest BCUT2D eigenvalue weighted by Gasteiger charge is -2.16. The molecule has 8 nitrogen and oxygen atoms in total. The maximum Gasteiger partial charge on any atom is 0.161 e. The maximum atomic E-state index is 7.12. The van der Waals surface area contributed by atoms with E-state index in [1.165, 1.54) is 11.1 Å². The van der Waals surface area contributed by atoms with Crippen molar-refractivity contribution in [2.75, 3.05) is 0 Å². The molecule has 100 heavy (non-hydrogen) atoms. The fraction of sp³-hybridized carbons (Fsp3) is 0.0217. The topological polar surface area (TPSA) is 104 Å². The van der Waals surface area contributed by atoms with Gasteiger partial charge in [0.05, 0.1) is 22.8 Å². The smallest absolute Gasteiger partial charge is 0.161 e. The summed E-state index contributed by atoms with van der Waals surface area (Å²) in [6.45, 7) is 0. The van der Waals surface area contributed by atoms with Crippen LogP contribution in [0.15, 0.2) is 339 Å². The molecule has 0 aliphatic heterocycles. The minimum Gasteiger partial charge on any atom is -0.456 e. The van der Waals surface area contributed by atoms with E-state index in [2.05, 4.69) is 261 Å². The van der Waals surface area contributed by atoms with Crippen molar-refractivity contribution in [2.24, 2.45) is 0 Å². The Morgan fingerprint density at radius 3 is 1.38 bits per heavy atom. The van der Waals surface area contributed by atoms with Gasteiger partial charge in [-0.2, -0.15) is 0 Å². The minimum atomic E-state index is 0.352. The van der Waals surface area contributed by atoms with E-state index < -0.39 is 0 Å². The molecule has 1 unspecified atom stereocenters. The van der Waals surface area contributed by atoms with Crippen molar-refractivity contribution in [2.45, 2.75) is 12.3 Å². The Balaban J connectivity index is 0.715. The third-order valence-corrected chi connectivity index (χ3v) is 20.0. The van der Waals surface area contributed by atoms with Crippen molar-refractivity contribution in [3.8, 4) is 112 Å². The van der Waals surface area contributed by atoms with E-state index in [1.54, 1.807) is 0 Å². The van der Waals surface area contributed by atoms with Crippen molar-refractivity contribution < 1.29 is 17.7 Å². The molecule has 0 saturated heterocycles. The molecule has 8 heteroatoms. The zero-order chi connectivity index (χ0) is 65.8. The summed E-state index contributed by atoms with van der Waals surface area (Å²) in [5.41, 5.74) is 24.6. The normalized spacial score (nSPS) is 13.2. The number of fused-ring (bicyclic) bond motifs is 12. The highest BCUT2D eigenvalue weighted by molar-refractivity contribution is 6.18. The molecule has 1 atom stereocenters. The van der Waals surface area contributed by atoms with E-state index in [-0.39, 0.29) is 0 Å². The van der Waals surface area contributed by atoms with Crippen molar-refractivity contribution in [3.05, 3.63) is 327 Å². The van der Waals surface area contributed by atoms with Crippen LogP contribution in [0.4, 0.5) is 0 Å². The summed E-state index contributed by atoms with van der Waals surface area (Å²) in [7, 11) is 0. The molecule has 0 fully saturated rings. The van der Waals surface area contributed by atoms with Crippen molar-refractivity contribution >= 4 is 87.8 Å². The highest BCUT2D eigenvalue weighted by Gasteiger charge is 2.25. The van der Waals surface area contributed by atoms with Crippen LogP contribution in [0.2, 0.25) is 0 Å². The van der Waals surface area contributed by atoms with Gasteiger partial charge in [-0.15, -0.1) is 0 Å². The van der Waals surface area contributed by atoms with Gasteiger partial charge in [-0.25, -0.2) is 19.9 Å². The Morgan fingerprint density at radius 1 is 0.250 bits per heavy atom. The zero-order valence-electron chi connectivity index (χ0n) is 53.8. The summed E-state index contributed by atoms with van der Waals surface area (Å²) in [5, 5.41) is 7.92. The average molecular weight is 1280 g/mol. The van der Waals surface area contributed by atoms with Gasteiger partial charge in [0, 0.05) is 82.4 Å². The van der Waals surface area contributed by atoms with Crippen molar-refractivity contribution in [3.63, 3.8) is 0 Å². The number of nitrogens with zero attached hydrogens (tertiary/aromatic N) is 4. The lowest BCUT2D eigenvalue weighted by molar-refractivity contribution is 0.668. The first kappa shape index (κ1) is 57.0. The van der Waals surface area contributed by atoms with Gasteiger partial charge in [0.2, 0.25) is 0 Å². The number of hydrogen-bond donors (Lipinski definition) is 0. The Labute approximate surface area is 573 Å². The minimum absolute atomic E-state index is 0.352. The Kier molecular flexibility index (Phi) is 13.2. The third-order valence-electron chi connectivity index (χ3n) is 20.0. The lowest BCUT2D eigenvalue weighted by atomic mass is 9.90. The molecule has 0 N–H and O–H groups in total. The predicted molar refractivity (Wildman–Crippen MR) is 407 cm³/mol. The van der Waals surface area contributed by atoms with Crippen LogP contribution in [0.3, 0.4) is 0 Å². The number of allylic oxidation sites excluding steroid dienone is 4. The SMILES string of the molecule is C1=CCC(c2ccc(-c3ccccc3-c3cc(-c4cccc5c4oc4ccc(-c6cccc7oc8c(-c9cc(-c%10ccccc%10-c%10ccc(-c%11ccccc%11)cc%10)nc(-c%10cccc%11oc%12ccccc%12c%10%11)n9)cccc8c67)cc45)nc(-c4ccc5oc6ccccc6c5c4)n3)cc2)C=C1. The average Bonchev–Trinajstić information content (AvgIpc) is 1.56. The highest BCUT2D eigenvalue weighted by atomic mass is 16.3. The van der Waals surface area contributed by atoms with E-state index in [1.807, 2.05) is 60.7 Å². The quantitative estimate of drug-likeness (QED) is 0.126. The lowest BCUT2D eigenvalue weighted by Crippen LogP contribution is -1.98. The molecule has 0 radical (unpaired) electrons. The molecule has 19 aromatic rings. The number of benzene rings is 13. The van der Waals surface area contributed by atoms with Gasteiger partial charge in [0.1, 0.15) is 44.7 Å². The molecule has 468 valence electrons. The monoisotopic (exact) mass is 1280 g/mol. The van der Waals surface area contributed by atoms with Gasteiger partial charge in [-0.1, -0.05) is 243 Å². The fourth-order valence-electron chi connectivity index (χ4n) is 15.1. The molecule has 1 aliphatic rings. The predicted octanol–water partition coefficient (Wildman–Crippen LogP) is 25.1. The second-order valence-corrected chi connectivity index (χ2v) is 25.8. The molecule has 0 bridgehead atoms. The number of aromatic nitrogens is 4. The van der Waals surface area contributed by atoms with E-state index in [0.717, 1.165) is 189 Å². The fourth-order valence-corrected chi connectivity index (χ4v) is 15.1. The summed E-state index contributed by atoms with van der Waals surface area (Å²) in [6.07, 6.45) is 9.77. The van der Waals surface area contributed by atoms with Crippen LogP contribution in [0, 0.1) is 0 Å². The summed E-state index contributed by atoms with van der Waals surface area (Å²) < 4.78 is 26.9. The van der Waals surface area contributed by atoms with Gasteiger partial charge < -0.3 is 17.7 Å². The summed E-state index contributed by atoms with van der Waals surface area (Å²) in [6, 6.07) is 104. The number of hydrogen-bond acceptors (Lipinski definition) is 8. The first-order valence-electron chi connectivity index (χ1n) is 33.8. The Hall–Kier alpha value is -13.3. The molecular formula is C92H56N4O4. The zero-order valence-corrected chi connectivity index (χ0v) is 53.8. The molecular weight excluding hydrogens is 1230 g/mol. The first-order valence-corrected chi connectivity index (χ1v) is 33.8. The van der Waals surface area contributed by atoms with Crippen molar-refractivity contribution in [1.29, 1.82) is 0 Å². The van der Waals surface area contributed by atoms with Crippen LogP contribution in [-0.2, 0) is 0 Å². The number of rotatable bonds is 11. The molecule has 0 saturated carbocycles. The second-order valence-electron chi connectivity index (χ2n) is 25.8. The Morgan fingerprint density at radius 2 is 0.680 bits per heavy atom. The van der Waals surface area contributed by atoms with E-state index in [9.17, 15) is 0 Å². The van der Waals surface area contributed by atoms with E-state index in [0.29, 0.717) is 17.6 Å². The number of para-hydroxylation sites is 4. The molecule has 13 aromatic carbocycles. The summed E-state index contributed by atoms with van der Waals surface area (Å²) >= 11 is 0.